The van der Waals surface area contributed by atoms with Crippen molar-refractivity contribution in [3.05, 3.63) is 11.6 Å². The van der Waals surface area contributed by atoms with E-state index < -0.39 is 11.4 Å². The smallest absolute Gasteiger partial charge is 0.330 e. The highest BCUT2D eigenvalue weighted by atomic mass is 16.5. The maximum Gasteiger partial charge on any atom is 0.330 e. The summed E-state index contributed by atoms with van der Waals surface area (Å²) in [6.45, 7) is 7.64. The molecule has 15 heavy (non-hydrogen) atoms. The number of rotatable bonds is 5. The number of carbonyl (C=O) groups is 1. The van der Waals surface area contributed by atoms with Gasteiger partial charge in [-0.2, -0.15) is 5.26 Å². The molecule has 0 rings (SSSR count). The Bertz CT molecular complexity index is 288. The quantitative estimate of drug-likeness (QED) is 0.516. The van der Waals surface area contributed by atoms with Crippen molar-refractivity contribution in [3.8, 4) is 6.07 Å². The van der Waals surface area contributed by atoms with Gasteiger partial charge in [-0.25, -0.2) is 4.79 Å². The molecule has 0 aromatic heterocycles. The van der Waals surface area contributed by atoms with E-state index in [0.29, 0.717) is 13.0 Å². The van der Waals surface area contributed by atoms with Gasteiger partial charge in [0.05, 0.1) is 12.7 Å². The summed E-state index contributed by atoms with van der Waals surface area (Å²) in [6, 6.07) is 2.11. The van der Waals surface area contributed by atoms with Gasteiger partial charge in [0.15, 0.2) is 5.41 Å². The number of allylic oxidation sites excluding steroid dienone is 1. The molecule has 0 radical (unpaired) electrons. The van der Waals surface area contributed by atoms with Gasteiger partial charge in [-0.05, 0) is 32.8 Å². The standard InChI is InChI=1S/C12H19NO2/c1-5-8-12(9-13,10(4)6-2)11(14)15-7-3/h6H,5,7-8H2,1-4H3/b10-6+/t12-/m1/s1. The van der Waals surface area contributed by atoms with Crippen molar-refractivity contribution in [2.45, 2.75) is 40.5 Å². The largest absolute Gasteiger partial charge is 0.465 e. The molecule has 3 heteroatoms. The Morgan fingerprint density at radius 1 is 1.53 bits per heavy atom. The van der Waals surface area contributed by atoms with E-state index in [1.54, 1.807) is 19.9 Å². The Morgan fingerprint density at radius 2 is 2.13 bits per heavy atom. The zero-order valence-electron chi connectivity index (χ0n) is 9.96. The molecule has 0 unspecified atom stereocenters. The fraction of sp³-hybridized carbons (Fsp3) is 0.667. The number of ether oxygens (including phenoxy) is 1. The van der Waals surface area contributed by atoms with Gasteiger partial charge in [0.2, 0.25) is 0 Å². The summed E-state index contributed by atoms with van der Waals surface area (Å²) in [5, 5.41) is 9.21. The van der Waals surface area contributed by atoms with E-state index in [1.807, 2.05) is 13.8 Å². The Kier molecular flexibility index (Phi) is 5.69. The monoisotopic (exact) mass is 209 g/mol. The normalized spacial score (nSPS) is 15.3. The van der Waals surface area contributed by atoms with E-state index >= 15 is 0 Å². The molecule has 0 aromatic rings. The van der Waals surface area contributed by atoms with Gasteiger partial charge in [-0.3, -0.25) is 0 Å². The third-order valence-electron chi connectivity index (χ3n) is 2.55. The lowest BCUT2D eigenvalue weighted by Crippen LogP contribution is -2.32. The minimum Gasteiger partial charge on any atom is -0.465 e. The predicted molar refractivity (Wildman–Crippen MR) is 59.0 cm³/mol. The van der Waals surface area contributed by atoms with Crippen LogP contribution in [0.4, 0.5) is 0 Å². The molecule has 0 amide bonds. The van der Waals surface area contributed by atoms with Gasteiger partial charge in [0.25, 0.3) is 0 Å². The van der Waals surface area contributed by atoms with Crippen molar-refractivity contribution in [3.63, 3.8) is 0 Å². The molecule has 0 spiro atoms. The summed E-state index contributed by atoms with van der Waals surface area (Å²) in [7, 11) is 0. The third kappa shape index (κ3) is 2.82. The number of hydrogen-bond donors (Lipinski definition) is 0. The average molecular weight is 209 g/mol. The highest BCUT2D eigenvalue weighted by Crippen LogP contribution is 2.33. The molecule has 0 aliphatic heterocycles. The van der Waals surface area contributed by atoms with Crippen LogP contribution in [0.2, 0.25) is 0 Å². The van der Waals surface area contributed by atoms with E-state index in [9.17, 15) is 10.1 Å². The van der Waals surface area contributed by atoms with Gasteiger partial charge < -0.3 is 4.74 Å². The topological polar surface area (TPSA) is 50.1 Å². The van der Waals surface area contributed by atoms with Gasteiger partial charge >= 0.3 is 5.97 Å². The van der Waals surface area contributed by atoms with Gasteiger partial charge in [0.1, 0.15) is 0 Å². The lowest BCUT2D eigenvalue weighted by molar-refractivity contribution is -0.150. The lowest BCUT2D eigenvalue weighted by atomic mass is 9.78. The summed E-state index contributed by atoms with van der Waals surface area (Å²) in [5.41, 5.74) is -0.315. The Morgan fingerprint density at radius 3 is 2.47 bits per heavy atom. The first kappa shape index (κ1) is 13.7. The summed E-state index contributed by atoms with van der Waals surface area (Å²) in [4.78, 5) is 11.8. The number of carbonyl (C=O) groups excluding carboxylic acids is 1. The molecule has 0 bridgehead atoms. The van der Waals surface area contributed by atoms with Crippen LogP contribution in [0.3, 0.4) is 0 Å². The van der Waals surface area contributed by atoms with Crippen LogP contribution >= 0.6 is 0 Å². The molecule has 1 atom stereocenters. The average Bonchev–Trinajstić information content (AvgIpc) is 2.25. The maximum atomic E-state index is 11.8. The third-order valence-corrected chi connectivity index (χ3v) is 2.55. The fourth-order valence-corrected chi connectivity index (χ4v) is 1.53. The van der Waals surface area contributed by atoms with Crippen LogP contribution in [0.15, 0.2) is 11.6 Å². The molecule has 0 heterocycles. The number of hydrogen-bond acceptors (Lipinski definition) is 3. The SMILES string of the molecule is C/C=C(\C)[C@](C#N)(CCC)C(=O)OCC. The van der Waals surface area contributed by atoms with E-state index in [2.05, 4.69) is 6.07 Å². The molecule has 0 fully saturated rings. The van der Waals surface area contributed by atoms with Crippen molar-refractivity contribution < 1.29 is 9.53 Å². The van der Waals surface area contributed by atoms with Crippen LogP contribution in [0.5, 0.6) is 0 Å². The Balaban J connectivity index is 5.17. The first-order chi connectivity index (χ1) is 7.08. The summed E-state index contributed by atoms with van der Waals surface area (Å²) < 4.78 is 4.97. The second-order valence-electron chi connectivity index (χ2n) is 3.46. The van der Waals surface area contributed by atoms with Crippen LogP contribution in [-0.4, -0.2) is 12.6 Å². The molecule has 0 aliphatic rings. The van der Waals surface area contributed by atoms with E-state index in [-0.39, 0.29) is 0 Å². The summed E-state index contributed by atoms with van der Waals surface area (Å²) in [5.74, 6) is -0.426. The van der Waals surface area contributed by atoms with E-state index in [4.69, 9.17) is 4.74 Å². The minimum atomic E-state index is -1.08. The van der Waals surface area contributed by atoms with E-state index in [0.717, 1.165) is 12.0 Å². The second kappa shape index (κ2) is 6.23. The number of nitrogens with zero attached hydrogens (tertiary/aromatic N) is 1. The van der Waals surface area contributed by atoms with Gasteiger partial charge in [-0.15, -0.1) is 0 Å². The molecule has 0 saturated carbocycles. The lowest BCUT2D eigenvalue weighted by Gasteiger charge is -2.24. The molecule has 84 valence electrons. The Labute approximate surface area is 91.7 Å². The van der Waals surface area contributed by atoms with Crippen LogP contribution in [0.1, 0.15) is 40.5 Å². The van der Waals surface area contributed by atoms with Crippen molar-refractivity contribution >= 4 is 5.97 Å². The summed E-state index contributed by atoms with van der Waals surface area (Å²) >= 11 is 0. The van der Waals surface area contributed by atoms with Crippen molar-refractivity contribution in [1.82, 2.24) is 0 Å². The van der Waals surface area contributed by atoms with Crippen LogP contribution in [-0.2, 0) is 9.53 Å². The fourth-order valence-electron chi connectivity index (χ4n) is 1.53. The highest BCUT2D eigenvalue weighted by molar-refractivity contribution is 5.83. The molecular weight excluding hydrogens is 190 g/mol. The van der Waals surface area contributed by atoms with Crippen molar-refractivity contribution in [1.29, 1.82) is 5.26 Å². The van der Waals surface area contributed by atoms with E-state index in [1.165, 1.54) is 0 Å². The molecule has 0 N–H and O–H groups in total. The van der Waals surface area contributed by atoms with Gasteiger partial charge in [0, 0.05) is 0 Å². The Hall–Kier alpha value is -1.30. The minimum absolute atomic E-state index is 0.309. The predicted octanol–water partition coefficient (Wildman–Crippen LogP) is 2.83. The maximum absolute atomic E-state index is 11.8. The molecule has 0 saturated heterocycles. The van der Waals surface area contributed by atoms with Crippen molar-refractivity contribution in [2.75, 3.05) is 6.61 Å². The zero-order chi connectivity index (χ0) is 11.9. The van der Waals surface area contributed by atoms with Crippen LogP contribution < -0.4 is 0 Å². The second-order valence-corrected chi connectivity index (χ2v) is 3.46. The van der Waals surface area contributed by atoms with Crippen molar-refractivity contribution in [2.24, 2.45) is 5.41 Å². The number of esters is 1. The van der Waals surface area contributed by atoms with Crippen LogP contribution in [0, 0.1) is 16.7 Å². The first-order valence-electron chi connectivity index (χ1n) is 5.30. The first-order valence-corrected chi connectivity index (χ1v) is 5.30. The van der Waals surface area contributed by atoms with Crippen LogP contribution in [0.25, 0.3) is 0 Å². The summed E-state index contributed by atoms with van der Waals surface area (Å²) in [6.07, 6.45) is 3.09. The molecule has 3 nitrogen and oxygen atoms in total. The highest BCUT2D eigenvalue weighted by Gasteiger charge is 2.40. The number of nitriles is 1. The molecule has 0 aromatic carbocycles. The molecular formula is C12H19NO2. The zero-order valence-corrected chi connectivity index (χ0v) is 9.96. The molecule has 0 aliphatic carbocycles. The van der Waals surface area contributed by atoms with Gasteiger partial charge in [-0.1, -0.05) is 19.4 Å².